The summed E-state index contributed by atoms with van der Waals surface area (Å²) in [5.74, 6) is 0. The van der Waals surface area contributed by atoms with Crippen molar-refractivity contribution in [2.75, 3.05) is 0 Å². The Kier molecular flexibility index (Phi) is 14.4. The van der Waals surface area contributed by atoms with Crippen molar-refractivity contribution in [1.29, 1.82) is 0 Å². The fourth-order valence-corrected chi connectivity index (χ4v) is 12.3. The van der Waals surface area contributed by atoms with Crippen molar-refractivity contribution in [2.45, 2.75) is 133 Å². The summed E-state index contributed by atoms with van der Waals surface area (Å²) in [6.45, 7) is 24.3. The maximum absolute atomic E-state index is 2.45. The van der Waals surface area contributed by atoms with Gasteiger partial charge in [-0.15, -0.1) is 0 Å². The fourth-order valence-electron chi connectivity index (χ4n) is 6.80. The molecule has 0 fully saturated rings. The van der Waals surface area contributed by atoms with Gasteiger partial charge in [0.2, 0.25) is 0 Å². The summed E-state index contributed by atoms with van der Waals surface area (Å²) in [4.78, 5) is 0. The van der Waals surface area contributed by atoms with E-state index in [9.17, 15) is 0 Å². The summed E-state index contributed by atoms with van der Waals surface area (Å²) in [5, 5.41) is 0. The monoisotopic (exact) mass is 570 g/mol. The zero-order chi connectivity index (χ0) is 23.4. The normalized spacial score (nSPS) is 17.0. The van der Waals surface area contributed by atoms with E-state index in [0.717, 1.165) is 0 Å². The Morgan fingerprint density at radius 1 is 0.576 bits per heavy atom. The molecule has 0 bridgehead atoms. The van der Waals surface area contributed by atoms with Crippen molar-refractivity contribution in [3.63, 3.8) is 0 Å². The van der Waals surface area contributed by atoms with Crippen LogP contribution < -0.4 is 24.8 Å². The van der Waals surface area contributed by atoms with Crippen LogP contribution in [0.2, 0.25) is 0 Å². The molecule has 0 amide bonds. The van der Waals surface area contributed by atoms with Crippen LogP contribution in [-0.4, -0.2) is 0 Å². The van der Waals surface area contributed by atoms with Crippen LogP contribution in [0.15, 0.2) is 40.0 Å². The third-order valence-corrected chi connectivity index (χ3v) is 12.6. The van der Waals surface area contributed by atoms with Gasteiger partial charge in [0.15, 0.2) is 0 Å². The first-order chi connectivity index (χ1) is 14.7. The zero-order valence-corrected chi connectivity index (χ0v) is 27.3. The van der Waals surface area contributed by atoms with E-state index in [2.05, 4.69) is 69.2 Å². The van der Waals surface area contributed by atoms with Crippen LogP contribution in [0.1, 0.15) is 133 Å². The summed E-state index contributed by atoms with van der Waals surface area (Å²) in [5.41, 5.74) is 11.2. The van der Waals surface area contributed by atoms with E-state index in [-0.39, 0.29) is 24.8 Å². The van der Waals surface area contributed by atoms with Gasteiger partial charge < -0.3 is 24.8 Å². The zero-order valence-electron chi connectivity index (χ0n) is 23.3. The molecule has 2 aliphatic rings. The van der Waals surface area contributed by atoms with Crippen molar-refractivity contribution in [1.82, 2.24) is 0 Å². The smallest absolute Gasteiger partial charge is 1.00 e. The summed E-state index contributed by atoms with van der Waals surface area (Å²) in [7, 11) is 0. The number of halogens is 2. The van der Waals surface area contributed by atoms with Crippen molar-refractivity contribution in [2.24, 2.45) is 10.8 Å². The molecule has 0 nitrogen and oxygen atoms in total. The molecular weight excluding hydrogens is 522 g/mol. The van der Waals surface area contributed by atoms with Gasteiger partial charge in [-0.1, -0.05) is 0 Å². The van der Waals surface area contributed by atoms with Gasteiger partial charge >= 0.3 is 208 Å². The Labute approximate surface area is 231 Å². The van der Waals surface area contributed by atoms with Gasteiger partial charge in [0.25, 0.3) is 0 Å². The number of hydrogen-bond acceptors (Lipinski definition) is 0. The van der Waals surface area contributed by atoms with Gasteiger partial charge in [0.1, 0.15) is 0 Å². The van der Waals surface area contributed by atoms with Crippen molar-refractivity contribution >= 4 is 0 Å². The first kappa shape index (κ1) is 33.4. The quantitative estimate of drug-likeness (QED) is 0.328. The van der Waals surface area contributed by atoms with Crippen LogP contribution >= 0.6 is 0 Å². The van der Waals surface area contributed by atoms with E-state index in [1.165, 1.54) is 64.2 Å². The van der Waals surface area contributed by atoms with Crippen molar-refractivity contribution in [3.05, 3.63) is 40.0 Å². The van der Waals surface area contributed by atoms with Crippen LogP contribution in [0.3, 0.4) is 0 Å². The Balaban J connectivity index is 0.00000512. The molecule has 0 aromatic heterocycles. The predicted octanol–water partition coefficient (Wildman–Crippen LogP) is 4.28. The summed E-state index contributed by atoms with van der Waals surface area (Å²) in [6, 6.07) is 0. The Morgan fingerprint density at radius 3 is 1.12 bits per heavy atom. The Bertz CT molecular complexity index is 720. The molecule has 0 saturated heterocycles. The first-order valence-corrected chi connectivity index (χ1v) is 15.7. The molecular formula is C30H50Cl2Zr. The van der Waals surface area contributed by atoms with E-state index in [4.69, 9.17) is 0 Å². The predicted molar refractivity (Wildman–Crippen MR) is 136 cm³/mol. The first-order valence-electron chi connectivity index (χ1n) is 13.3. The fraction of sp³-hybridized carbons (Fsp3) is 0.733. The second-order valence-corrected chi connectivity index (χ2v) is 14.1. The van der Waals surface area contributed by atoms with E-state index in [0.29, 0.717) is 10.8 Å². The summed E-state index contributed by atoms with van der Waals surface area (Å²) < 4.78 is 3.87. The summed E-state index contributed by atoms with van der Waals surface area (Å²) in [6.07, 6.45) is 13.1. The molecule has 0 aromatic rings. The van der Waals surface area contributed by atoms with E-state index < -0.39 is 23.2 Å². The molecule has 188 valence electrons. The van der Waals surface area contributed by atoms with Gasteiger partial charge in [-0.05, 0) is 0 Å². The molecule has 33 heavy (non-hydrogen) atoms. The van der Waals surface area contributed by atoms with Crippen molar-refractivity contribution in [3.8, 4) is 0 Å². The topological polar surface area (TPSA) is 0 Å². The molecule has 0 unspecified atom stereocenters. The van der Waals surface area contributed by atoms with Crippen LogP contribution in [0, 0.1) is 10.8 Å². The maximum Gasteiger partial charge on any atom is -1.00 e. The van der Waals surface area contributed by atoms with Gasteiger partial charge in [0, 0.05) is 0 Å². The minimum atomic E-state index is -0.777. The molecule has 2 rings (SSSR count). The summed E-state index contributed by atoms with van der Waals surface area (Å²) >= 11 is -0.777. The largest absolute Gasteiger partial charge is 1.00 e. The second kappa shape index (κ2) is 14.2. The molecule has 0 saturated carbocycles. The van der Waals surface area contributed by atoms with Gasteiger partial charge in [-0.3, -0.25) is 0 Å². The average Bonchev–Trinajstić information content (AvgIpc) is 3.20. The minimum Gasteiger partial charge on any atom is -1.00 e. The van der Waals surface area contributed by atoms with Crippen LogP contribution in [0.5, 0.6) is 0 Å². The SMILES string of the molecule is CCCC(CC)(CC)C1=[C]([Zr+2][C]2=C(C(CC)(CC)CCC)C(C)=C(C)C2)CC(C)=C1C.[Cl-].[Cl-]. The molecule has 0 heterocycles. The van der Waals surface area contributed by atoms with Crippen LogP contribution in [0.25, 0.3) is 0 Å². The number of hydrogen-bond donors (Lipinski definition) is 0. The van der Waals surface area contributed by atoms with Gasteiger partial charge in [-0.2, -0.15) is 0 Å². The number of allylic oxidation sites excluding steroid dienone is 8. The van der Waals surface area contributed by atoms with Crippen molar-refractivity contribution < 1.29 is 48.0 Å². The minimum absolute atomic E-state index is 0. The Hall–Kier alpha value is 0.423. The molecule has 0 atom stereocenters. The van der Waals surface area contributed by atoms with Gasteiger partial charge in [0.05, 0.1) is 0 Å². The van der Waals surface area contributed by atoms with Gasteiger partial charge in [-0.25, -0.2) is 0 Å². The molecule has 3 heteroatoms. The second-order valence-electron chi connectivity index (χ2n) is 10.5. The van der Waals surface area contributed by atoms with E-state index >= 15 is 0 Å². The molecule has 2 aliphatic carbocycles. The molecule has 0 aliphatic heterocycles. The third kappa shape index (κ3) is 6.41. The average molecular weight is 573 g/mol. The molecule has 0 spiro atoms. The third-order valence-electron chi connectivity index (χ3n) is 9.04. The number of rotatable bonds is 12. The van der Waals surface area contributed by atoms with Crippen LogP contribution in [-0.2, 0) is 23.2 Å². The van der Waals surface area contributed by atoms with Crippen LogP contribution in [0.4, 0.5) is 0 Å². The Morgan fingerprint density at radius 2 is 0.879 bits per heavy atom. The molecule has 0 aromatic carbocycles. The maximum atomic E-state index is 2.45. The molecule has 0 N–H and O–H groups in total. The molecule has 0 radical (unpaired) electrons. The van der Waals surface area contributed by atoms with E-state index in [1.54, 1.807) is 22.3 Å². The standard InChI is InChI=1S/2C15H25.2ClH.Zr/c2*1-6-11-15(7-2,8-3)14-10-9-12(4)13(14)5;;;/h2*6-9,11H2,1-5H3;2*1H;/q;;;;+2/p-2. The van der Waals surface area contributed by atoms with E-state index in [1.807, 2.05) is 17.7 Å².